The zero-order valence-electron chi connectivity index (χ0n) is 13.6. The van der Waals surface area contributed by atoms with Crippen LogP contribution in [0.3, 0.4) is 0 Å². The molecule has 1 rings (SSSR count). The highest BCUT2D eigenvalue weighted by molar-refractivity contribution is 5.65. The molecule has 0 saturated carbocycles. The molecule has 0 bridgehead atoms. The van der Waals surface area contributed by atoms with Gasteiger partial charge in [0.15, 0.2) is 0 Å². The summed E-state index contributed by atoms with van der Waals surface area (Å²) in [5.74, 6) is 0. The lowest BCUT2D eigenvalue weighted by molar-refractivity contribution is 0.417. The topological polar surface area (TPSA) is 3.24 Å². The second-order valence-corrected chi connectivity index (χ2v) is 5.85. The summed E-state index contributed by atoms with van der Waals surface area (Å²) in [6.07, 6.45) is 11.6. The maximum Gasteiger partial charge on any atom is 0.00100 e. The fraction of sp³-hybridized carbons (Fsp3) is 0.579. The number of rotatable bonds is 10. The van der Waals surface area contributed by atoms with E-state index in [0.29, 0.717) is 0 Å². The summed E-state index contributed by atoms with van der Waals surface area (Å²) < 4.78 is 0. The van der Waals surface area contributed by atoms with E-state index in [4.69, 9.17) is 0 Å². The van der Waals surface area contributed by atoms with Gasteiger partial charge in [0.2, 0.25) is 0 Å². The second kappa shape index (κ2) is 10.7. The molecule has 0 saturated heterocycles. The van der Waals surface area contributed by atoms with Crippen LogP contribution in [0.2, 0.25) is 0 Å². The van der Waals surface area contributed by atoms with Crippen LogP contribution < -0.4 is 0 Å². The molecule has 0 atom stereocenters. The molecule has 1 heteroatoms. The van der Waals surface area contributed by atoms with Gasteiger partial charge in [-0.3, -0.25) is 0 Å². The molecule has 0 aliphatic rings. The van der Waals surface area contributed by atoms with Crippen molar-refractivity contribution in [3.63, 3.8) is 0 Å². The largest absolute Gasteiger partial charge is 0.309 e. The highest BCUT2D eigenvalue weighted by Crippen LogP contribution is 2.22. The monoisotopic (exact) mass is 273 g/mol. The summed E-state index contributed by atoms with van der Waals surface area (Å²) in [6.45, 7) is 3.41. The van der Waals surface area contributed by atoms with Crippen molar-refractivity contribution >= 4 is 5.57 Å². The smallest absolute Gasteiger partial charge is 0.00100 e. The van der Waals surface area contributed by atoms with Crippen LogP contribution in [-0.2, 0) is 0 Å². The average molecular weight is 273 g/mol. The van der Waals surface area contributed by atoms with Gasteiger partial charge >= 0.3 is 0 Å². The highest BCUT2D eigenvalue weighted by atomic mass is 15.0. The Kier molecular flexibility index (Phi) is 9.06. The third-order valence-electron chi connectivity index (χ3n) is 3.66. The summed E-state index contributed by atoms with van der Waals surface area (Å²) in [5, 5.41) is 0. The number of hydrogen-bond donors (Lipinski definition) is 0. The van der Waals surface area contributed by atoms with E-state index in [9.17, 15) is 0 Å². The quantitative estimate of drug-likeness (QED) is 0.517. The van der Waals surface area contributed by atoms with E-state index in [2.05, 4.69) is 62.3 Å². The minimum atomic E-state index is 1.13. The third kappa shape index (κ3) is 7.49. The summed E-state index contributed by atoms with van der Waals surface area (Å²) in [4.78, 5) is 2.25. The van der Waals surface area contributed by atoms with Crippen molar-refractivity contribution in [3.8, 4) is 0 Å². The normalized spacial score (nSPS) is 12.1. The second-order valence-electron chi connectivity index (χ2n) is 5.85. The molecule has 0 fully saturated rings. The van der Waals surface area contributed by atoms with Crippen LogP contribution in [0.25, 0.3) is 5.57 Å². The van der Waals surface area contributed by atoms with Crippen LogP contribution in [-0.4, -0.2) is 25.5 Å². The first-order chi connectivity index (χ1) is 9.74. The number of benzene rings is 1. The van der Waals surface area contributed by atoms with Crippen molar-refractivity contribution in [2.24, 2.45) is 0 Å². The molecule has 0 radical (unpaired) electrons. The summed E-state index contributed by atoms with van der Waals surface area (Å²) in [5.41, 5.74) is 2.94. The molecule has 1 aromatic rings. The Bertz CT molecular complexity index is 365. The summed E-state index contributed by atoms with van der Waals surface area (Å²) in [6, 6.07) is 10.9. The van der Waals surface area contributed by atoms with Gasteiger partial charge in [0.05, 0.1) is 0 Å². The van der Waals surface area contributed by atoms with Crippen LogP contribution in [0.15, 0.2) is 36.4 Å². The predicted molar refractivity (Wildman–Crippen MR) is 91.0 cm³/mol. The molecule has 0 N–H and O–H groups in total. The lowest BCUT2D eigenvalue weighted by Crippen LogP contribution is -2.12. The molecule has 0 heterocycles. The first kappa shape index (κ1) is 17.0. The maximum absolute atomic E-state index is 2.44. The van der Waals surface area contributed by atoms with E-state index in [1.54, 1.807) is 0 Å². The lowest BCUT2D eigenvalue weighted by Gasteiger charge is -2.11. The molecule has 1 aromatic carbocycles. The van der Waals surface area contributed by atoms with E-state index >= 15 is 0 Å². The van der Waals surface area contributed by atoms with Gasteiger partial charge in [-0.1, -0.05) is 69.0 Å². The number of nitrogens with zero attached hydrogens (tertiary/aromatic N) is 1. The van der Waals surface area contributed by atoms with Gasteiger partial charge < -0.3 is 4.90 Å². The molecule has 112 valence electrons. The number of unbranched alkanes of at least 4 members (excludes halogenated alkanes) is 4. The Labute approximate surface area is 125 Å². The van der Waals surface area contributed by atoms with Crippen LogP contribution in [0.4, 0.5) is 0 Å². The minimum Gasteiger partial charge on any atom is -0.309 e. The SMILES string of the molecule is CCCCCCC/C(=C\CCN(C)C)c1ccccc1. The first-order valence-corrected chi connectivity index (χ1v) is 8.13. The zero-order chi connectivity index (χ0) is 14.6. The predicted octanol–water partition coefficient (Wildman–Crippen LogP) is 5.38. The van der Waals surface area contributed by atoms with Crippen molar-refractivity contribution in [2.45, 2.75) is 51.9 Å². The van der Waals surface area contributed by atoms with Gasteiger partial charge in [0, 0.05) is 6.54 Å². The van der Waals surface area contributed by atoms with Crippen molar-refractivity contribution in [1.29, 1.82) is 0 Å². The molecule has 0 aromatic heterocycles. The van der Waals surface area contributed by atoms with Gasteiger partial charge in [0.25, 0.3) is 0 Å². The Morgan fingerprint density at radius 1 is 1.00 bits per heavy atom. The van der Waals surface area contributed by atoms with E-state index in [1.807, 2.05) is 0 Å². The van der Waals surface area contributed by atoms with Crippen molar-refractivity contribution < 1.29 is 0 Å². The highest BCUT2D eigenvalue weighted by Gasteiger charge is 2.01. The molecule has 1 nitrogen and oxygen atoms in total. The van der Waals surface area contributed by atoms with E-state index in [-0.39, 0.29) is 0 Å². The van der Waals surface area contributed by atoms with Gasteiger partial charge in [0.1, 0.15) is 0 Å². The van der Waals surface area contributed by atoms with Gasteiger partial charge in [-0.25, -0.2) is 0 Å². The van der Waals surface area contributed by atoms with Gasteiger partial charge in [-0.2, -0.15) is 0 Å². The van der Waals surface area contributed by atoms with Crippen LogP contribution in [0.5, 0.6) is 0 Å². The Hall–Kier alpha value is -1.08. The molecule has 0 unspecified atom stereocenters. The third-order valence-corrected chi connectivity index (χ3v) is 3.66. The minimum absolute atomic E-state index is 1.13. The fourth-order valence-corrected chi connectivity index (χ4v) is 2.43. The van der Waals surface area contributed by atoms with Crippen molar-refractivity contribution in [1.82, 2.24) is 4.90 Å². The number of allylic oxidation sites excluding steroid dienone is 1. The van der Waals surface area contributed by atoms with Crippen LogP contribution in [0, 0.1) is 0 Å². The number of hydrogen-bond acceptors (Lipinski definition) is 1. The van der Waals surface area contributed by atoms with E-state index in [1.165, 1.54) is 49.7 Å². The molecule has 0 amide bonds. The Morgan fingerprint density at radius 3 is 2.35 bits per heavy atom. The lowest BCUT2D eigenvalue weighted by atomic mass is 9.98. The molecular weight excluding hydrogens is 242 g/mol. The molecule has 0 aliphatic heterocycles. The van der Waals surface area contributed by atoms with Gasteiger partial charge in [-0.05, 0) is 44.5 Å². The Balaban J connectivity index is 2.51. The summed E-state index contributed by atoms with van der Waals surface area (Å²) in [7, 11) is 4.28. The molecule has 0 aliphatic carbocycles. The van der Waals surface area contributed by atoms with Crippen molar-refractivity contribution in [2.75, 3.05) is 20.6 Å². The standard InChI is InChI=1S/C19H31N/c1-4-5-6-7-9-13-19(16-12-17-20(2)3)18-14-10-8-11-15-18/h8,10-11,14-16H,4-7,9,12-13,17H2,1-3H3/b19-16+. The molecule has 0 spiro atoms. The maximum atomic E-state index is 2.44. The molecular formula is C19H31N. The average Bonchev–Trinajstić information content (AvgIpc) is 2.46. The fourth-order valence-electron chi connectivity index (χ4n) is 2.43. The van der Waals surface area contributed by atoms with Crippen LogP contribution >= 0.6 is 0 Å². The van der Waals surface area contributed by atoms with Crippen molar-refractivity contribution in [3.05, 3.63) is 42.0 Å². The summed E-state index contributed by atoms with van der Waals surface area (Å²) >= 11 is 0. The van der Waals surface area contributed by atoms with E-state index in [0.717, 1.165) is 13.0 Å². The first-order valence-electron chi connectivity index (χ1n) is 8.13. The Morgan fingerprint density at radius 2 is 1.70 bits per heavy atom. The zero-order valence-corrected chi connectivity index (χ0v) is 13.6. The van der Waals surface area contributed by atoms with E-state index < -0.39 is 0 Å². The molecule has 20 heavy (non-hydrogen) atoms. The van der Waals surface area contributed by atoms with Gasteiger partial charge in [-0.15, -0.1) is 0 Å². The van der Waals surface area contributed by atoms with Crippen LogP contribution in [0.1, 0.15) is 57.4 Å².